The summed E-state index contributed by atoms with van der Waals surface area (Å²) in [5, 5.41) is 3.00. The zero-order valence-electron chi connectivity index (χ0n) is 6.73. The highest BCUT2D eigenvalue weighted by molar-refractivity contribution is 9.10. The predicted molar refractivity (Wildman–Crippen MR) is 58.6 cm³/mol. The monoisotopic (exact) mass is 259 g/mol. The normalized spacial score (nSPS) is 15.1. The fraction of sp³-hybridized carbons (Fsp3) is 0.222. The first-order valence-electron chi connectivity index (χ1n) is 3.94. The first-order valence-corrected chi connectivity index (χ1v) is 5.15. The number of hydrogen-bond donors (Lipinski definition) is 1. The molecule has 1 aliphatic heterocycles. The van der Waals surface area contributed by atoms with E-state index in [0.717, 1.165) is 29.1 Å². The van der Waals surface area contributed by atoms with E-state index in [-0.39, 0.29) is 5.82 Å². The molecule has 0 radical (unpaired) electrons. The Morgan fingerprint density at radius 2 is 2.15 bits per heavy atom. The van der Waals surface area contributed by atoms with E-state index in [1.807, 2.05) is 0 Å². The first kappa shape index (κ1) is 9.09. The van der Waals surface area contributed by atoms with Crippen molar-refractivity contribution in [3.8, 4) is 0 Å². The molecular weight excluding hydrogens is 253 g/mol. The number of hydrogen-bond acceptors (Lipinski definition) is 1. The van der Waals surface area contributed by atoms with Crippen molar-refractivity contribution in [3.05, 3.63) is 28.0 Å². The average Bonchev–Trinajstić information content (AvgIpc) is 2.08. The second kappa shape index (κ2) is 3.35. The number of nitrogens with one attached hydrogen (secondary N) is 1. The molecule has 1 aromatic rings. The maximum atomic E-state index is 13.1. The van der Waals surface area contributed by atoms with Gasteiger partial charge >= 0.3 is 0 Å². The van der Waals surface area contributed by atoms with E-state index in [9.17, 15) is 4.39 Å². The summed E-state index contributed by atoms with van der Waals surface area (Å²) in [6, 6.07) is 3.28. The maximum absolute atomic E-state index is 13.1. The molecule has 68 valence electrons. The van der Waals surface area contributed by atoms with Gasteiger partial charge in [0.1, 0.15) is 5.82 Å². The molecule has 0 fully saturated rings. The molecule has 0 saturated heterocycles. The Hall–Kier alpha value is -0.480. The molecule has 0 aliphatic carbocycles. The molecule has 1 aliphatic rings. The molecule has 0 spiro atoms. The lowest BCUT2D eigenvalue weighted by atomic mass is 10.0. The number of benzene rings is 1. The molecule has 0 amide bonds. The summed E-state index contributed by atoms with van der Waals surface area (Å²) in [7, 11) is 0. The molecule has 2 rings (SSSR count). The van der Waals surface area contributed by atoms with Gasteiger partial charge in [0.15, 0.2) is 0 Å². The molecule has 0 unspecified atom stereocenters. The highest BCUT2D eigenvalue weighted by atomic mass is 79.9. The molecule has 1 aromatic carbocycles. The van der Waals surface area contributed by atoms with Crippen molar-refractivity contribution < 1.29 is 4.39 Å². The Morgan fingerprint density at radius 3 is 2.92 bits per heavy atom. The fourth-order valence-corrected chi connectivity index (χ4v) is 1.97. The van der Waals surface area contributed by atoms with Crippen molar-refractivity contribution in [2.24, 2.45) is 0 Å². The van der Waals surface area contributed by atoms with Crippen LogP contribution in [0.4, 0.5) is 10.1 Å². The van der Waals surface area contributed by atoms with E-state index >= 15 is 0 Å². The maximum Gasteiger partial charge on any atom is 0.139 e. The minimum Gasteiger partial charge on any atom is -0.350 e. The van der Waals surface area contributed by atoms with Crippen molar-refractivity contribution in [2.45, 2.75) is 12.8 Å². The Morgan fingerprint density at radius 1 is 1.38 bits per heavy atom. The molecule has 1 nitrogen and oxygen atoms in total. The van der Waals surface area contributed by atoms with Crippen LogP contribution in [-0.4, -0.2) is 4.99 Å². The topological polar surface area (TPSA) is 12.0 Å². The molecule has 0 bridgehead atoms. The van der Waals surface area contributed by atoms with Gasteiger partial charge in [0.2, 0.25) is 0 Å². The average molecular weight is 260 g/mol. The minimum atomic E-state index is -0.254. The van der Waals surface area contributed by atoms with Gasteiger partial charge in [-0.25, -0.2) is 4.39 Å². The van der Waals surface area contributed by atoms with Crippen LogP contribution in [0.5, 0.6) is 0 Å². The Bertz CT molecular complexity index is 378. The molecular formula is C9H7BrFNS. The van der Waals surface area contributed by atoms with Crippen LogP contribution in [0.1, 0.15) is 12.0 Å². The summed E-state index contributed by atoms with van der Waals surface area (Å²) in [5.74, 6) is -0.254. The van der Waals surface area contributed by atoms with Crippen LogP contribution >= 0.6 is 28.1 Å². The molecule has 4 heteroatoms. The SMILES string of the molecule is Fc1cc2c(cc1Br)CCC(=S)N2. The van der Waals surface area contributed by atoms with E-state index in [4.69, 9.17) is 12.2 Å². The number of rotatable bonds is 0. The number of aryl methyl sites for hydroxylation is 1. The number of halogens is 2. The summed E-state index contributed by atoms with van der Waals surface area (Å²) in [6.45, 7) is 0. The molecule has 0 atom stereocenters. The molecule has 1 N–H and O–H groups in total. The van der Waals surface area contributed by atoms with Gasteiger partial charge in [-0.3, -0.25) is 0 Å². The van der Waals surface area contributed by atoms with Gasteiger partial charge in [0, 0.05) is 12.1 Å². The van der Waals surface area contributed by atoms with Gasteiger partial charge in [0.25, 0.3) is 0 Å². The van der Waals surface area contributed by atoms with Crippen molar-refractivity contribution in [1.82, 2.24) is 0 Å². The molecule has 13 heavy (non-hydrogen) atoms. The van der Waals surface area contributed by atoms with Crippen molar-refractivity contribution in [3.63, 3.8) is 0 Å². The van der Waals surface area contributed by atoms with Gasteiger partial charge in [-0.2, -0.15) is 0 Å². The Labute approximate surface area is 89.5 Å². The number of anilines is 1. The lowest BCUT2D eigenvalue weighted by Gasteiger charge is -2.18. The van der Waals surface area contributed by atoms with Crippen LogP contribution in [0.3, 0.4) is 0 Å². The van der Waals surface area contributed by atoms with E-state index in [2.05, 4.69) is 21.2 Å². The smallest absolute Gasteiger partial charge is 0.139 e. The van der Waals surface area contributed by atoms with Crippen LogP contribution in [0.2, 0.25) is 0 Å². The third-order valence-corrected chi connectivity index (χ3v) is 2.96. The van der Waals surface area contributed by atoms with E-state index < -0.39 is 0 Å². The summed E-state index contributed by atoms with van der Waals surface area (Å²) in [6.07, 6.45) is 1.74. The van der Waals surface area contributed by atoms with Crippen LogP contribution in [0.15, 0.2) is 16.6 Å². The van der Waals surface area contributed by atoms with E-state index in [1.165, 1.54) is 6.07 Å². The van der Waals surface area contributed by atoms with Crippen LogP contribution < -0.4 is 5.32 Å². The number of fused-ring (bicyclic) bond motifs is 1. The minimum absolute atomic E-state index is 0.254. The van der Waals surface area contributed by atoms with Gasteiger partial charge in [0.05, 0.1) is 9.46 Å². The highest BCUT2D eigenvalue weighted by Gasteiger charge is 2.14. The largest absolute Gasteiger partial charge is 0.350 e. The number of thiocarbonyl (C=S) groups is 1. The predicted octanol–water partition coefficient (Wildman–Crippen LogP) is 3.27. The van der Waals surface area contributed by atoms with Crippen molar-refractivity contribution in [2.75, 3.05) is 5.32 Å². The Balaban J connectivity index is 2.49. The second-order valence-corrected chi connectivity index (χ2v) is 4.32. The quantitative estimate of drug-likeness (QED) is 0.718. The second-order valence-electron chi connectivity index (χ2n) is 2.97. The van der Waals surface area contributed by atoms with Gasteiger partial charge in [-0.05, 0) is 40.0 Å². The van der Waals surface area contributed by atoms with Crippen LogP contribution in [0.25, 0.3) is 0 Å². The zero-order valence-corrected chi connectivity index (χ0v) is 9.14. The highest BCUT2D eigenvalue weighted by Crippen LogP contribution is 2.28. The standard InChI is InChI=1S/C9H7BrFNS/c10-6-3-5-1-2-9(13)12-8(5)4-7(6)11/h3-4H,1-2H2,(H,12,13). The molecule has 0 aromatic heterocycles. The Kier molecular flexibility index (Phi) is 2.34. The van der Waals surface area contributed by atoms with Gasteiger partial charge in [-0.15, -0.1) is 0 Å². The fourth-order valence-electron chi connectivity index (χ4n) is 1.37. The lowest BCUT2D eigenvalue weighted by Crippen LogP contribution is -2.17. The summed E-state index contributed by atoms with van der Waals surface area (Å²) in [5.41, 5.74) is 1.92. The lowest BCUT2D eigenvalue weighted by molar-refractivity contribution is 0.620. The van der Waals surface area contributed by atoms with Crippen molar-refractivity contribution in [1.29, 1.82) is 0 Å². The molecule has 1 heterocycles. The summed E-state index contributed by atoms with van der Waals surface area (Å²) in [4.78, 5) is 0.786. The van der Waals surface area contributed by atoms with E-state index in [1.54, 1.807) is 6.07 Å². The van der Waals surface area contributed by atoms with Crippen molar-refractivity contribution >= 4 is 38.8 Å². The van der Waals surface area contributed by atoms with Gasteiger partial charge in [-0.1, -0.05) is 12.2 Å². The summed E-state index contributed by atoms with van der Waals surface area (Å²) >= 11 is 8.17. The van der Waals surface area contributed by atoms with E-state index in [0.29, 0.717) is 4.47 Å². The third-order valence-electron chi connectivity index (χ3n) is 2.04. The van der Waals surface area contributed by atoms with Crippen LogP contribution in [-0.2, 0) is 6.42 Å². The third kappa shape index (κ3) is 1.74. The molecule has 0 saturated carbocycles. The zero-order chi connectivity index (χ0) is 9.42. The summed E-state index contributed by atoms with van der Waals surface area (Å²) < 4.78 is 13.6. The van der Waals surface area contributed by atoms with Crippen LogP contribution in [0, 0.1) is 5.82 Å². The van der Waals surface area contributed by atoms with Gasteiger partial charge < -0.3 is 5.32 Å². The first-order chi connectivity index (χ1) is 6.16.